The van der Waals surface area contributed by atoms with Crippen molar-refractivity contribution in [2.75, 3.05) is 44.4 Å². The van der Waals surface area contributed by atoms with Gasteiger partial charge < -0.3 is 14.9 Å². The number of thioether (sulfide) groups is 1. The van der Waals surface area contributed by atoms with Crippen LogP contribution in [0.15, 0.2) is 48.1 Å². The van der Waals surface area contributed by atoms with E-state index in [1.54, 1.807) is 5.57 Å². The van der Waals surface area contributed by atoms with Gasteiger partial charge in [-0.05, 0) is 55.9 Å². The van der Waals surface area contributed by atoms with Gasteiger partial charge in [-0.1, -0.05) is 53.6 Å². The van der Waals surface area contributed by atoms with Crippen LogP contribution < -0.4 is 0 Å². The minimum atomic E-state index is -0.501. The van der Waals surface area contributed by atoms with Crippen molar-refractivity contribution in [2.24, 2.45) is 17.8 Å². The van der Waals surface area contributed by atoms with E-state index in [2.05, 4.69) is 53.9 Å². The van der Waals surface area contributed by atoms with Crippen LogP contribution in [0.2, 0.25) is 0 Å². The molecule has 32 heavy (non-hydrogen) atoms. The number of aliphatic hydroxyl groups is 2. The molecule has 4 rings (SSSR count). The highest BCUT2D eigenvalue weighted by Gasteiger charge is 2.43. The zero-order valence-electron chi connectivity index (χ0n) is 19.4. The van der Waals surface area contributed by atoms with Gasteiger partial charge in [-0.25, -0.2) is 0 Å². The van der Waals surface area contributed by atoms with Crippen molar-refractivity contribution in [2.45, 2.75) is 44.8 Å². The summed E-state index contributed by atoms with van der Waals surface area (Å²) in [5.41, 5.74) is 3.93. The Balaban J connectivity index is 1.19. The Hall–Kier alpha value is -1.11. The summed E-state index contributed by atoms with van der Waals surface area (Å²) in [6.07, 6.45) is 9.50. The molecule has 1 aromatic rings. The van der Waals surface area contributed by atoms with Crippen LogP contribution >= 0.6 is 11.8 Å². The summed E-state index contributed by atoms with van der Waals surface area (Å²) in [7, 11) is 0. The van der Waals surface area contributed by atoms with E-state index in [1.165, 1.54) is 24.3 Å². The molecule has 0 amide bonds. The summed E-state index contributed by atoms with van der Waals surface area (Å²) in [6.45, 7) is 7.19. The summed E-state index contributed by atoms with van der Waals surface area (Å²) >= 11 is 2.05. The monoisotopic (exact) mass is 457 g/mol. The normalized spacial score (nSPS) is 29.4. The fourth-order valence-electron chi connectivity index (χ4n) is 5.54. The van der Waals surface area contributed by atoms with Gasteiger partial charge in [0.1, 0.15) is 0 Å². The first kappa shape index (κ1) is 24.0. The van der Waals surface area contributed by atoms with Gasteiger partial charge >= 0.3 is 0 Å². The first-order chi connectivity index (χ1) is 15.6. The van der Waals surface area contributed by atoms with Crippen LogP contribution in [-0.4, -0.2) is 71.7 Å². The highest BCUT2D eigenvalue weighted by Crippen LogP contribution is 2.47. The van der Waals surface area contributed by atoms with Crippen molar-refractivity contribution in [3.05, 3.63) is 59.2 Å². The topological polar surface area (TPSA) is 52.9 Å². The molecule has 3 aliphatic rings. The summed E-state index contributed by atoms with van der Waals surface area (Å²) < 4.78 is 5.42. The molecule has 1 aliphatic heterocycles. The number of hydrogen-bond donors (Lipinski definition) is 2. The van der Waals surface area contributed by atoms with Gasteiger partial charge in [0.25, 0.3) is 0 Å². The first-order valence-electron chi connectivity index (χ1n) is 12.3. The average Bonchev–Trinajstić information content (AvgIpc) is 3.29. The fourth-order valence-corrected chi connectivity index (χ4v) is 6.49. The molecular weight excluding hydrogens is 418 g/mol. The van der Waals surface area contributed by atoms with Gasteiger partial charge in [-0.3, -0.25) is 4.90 Å². The molecule has 0 bridgehead atoms. The Morgan fingerprint density at radius 2 is 2.12 bits per heavy atom. The molecule has 1 saturated heterocycles. The Kier molecular flexibility index (Phi) is 8.90. The van der Waals surface area contributed by atoms with Crippen molar-refractivity contribution in [3.8, 4) is 0 Å². The smallest absolute Gasteiger partial charge is 0.0761 e. The zero-order valence-corrected chi connectivity index (χ0v) is 20.2. The second-order valence-corrected chi connectivity index (χ2v) is 10.8. The number of aryl methyl sites for hydroxylation is 1. The first-order valence-corrected chi connectivity index (χ1v) is 13.4. The van der Waals surface area contributed by atoms with E-state index >= 15 is 0 Å². The lowest BCUT2D eigenvalue weighted by Gasteiger charge is -2.26. The molecule has 0 radical (unpaired) electrons. The van der Waals surface area contributed by atoms with E-state index in [-0.39, 0.29) is 12.0 Å². The minimum absolute atomic E-state index is 0.159. The van der Waals surface area contributed by atoms with Crippen molar-refractivity contribution >= 4 is 11.8 Å². The van der Waals surface area contributed by atoms with E-state index in [0.717, 1.165) is 50.5 Å². The van der Waals surface area contributed by atoms with Crippen molar-refractivity contribution in [1.82, 2.24) is 4.90 Å². The lowest BCUT2D eigenvalue weighted by Crippen LogP contribution is -2.36. The number of aliphatic hydroxyl groups excluding tert-OH is 2. The maximum absolute atomic E-state index is 10.6. The summed E-state index contributed by atoms with van der Waals surface area (Å²) in [5.74, 6) is 3.49. The van der Waals surface area contributed by atoms with Crippen LogP contribution in [0.4, 0.5) is 0 Å². The Morgan fingerprint density at radius 3 is 2.94 bits per heavy atom. The number of hydrogen-bond acceptors (Lipinski definition) is 5. The third-order valence-corrected chi connectivity index (χ3v) is 8.34. The number of benzene rings is 1. The standard InChI is InChI=1S/C27H39NO3S/c1-20-4-2-5-21(14-20)16-24(29)6-7-25-26-17-22(15-23(26)18-27(25)30)19-32-13-3-8-28-9-11-31-12-10-28/h2,4-7,14-15,23-27,29-30H,3,8-13,16-19H2,1H3/b7-6+/t23-,24-,25+,26-,27+/m0/s1. The van der Waals surface area contributed by atoms with E-state index in [9.17, 15) is 10.2 Å². The highest BCUT2D eigenvalue weighted by atomic mass is 32.2. The van der Waals surface area contributed by atoms with Gasteiger partial charge in [0.15, 0.2) is 0 Å². The molecule has 2 aliphatic carbocycles. The lowest BCUT2D eigenvalue weighted by molar-refractivity contribution is 0.0381. The molecular formula is C27H39NO3S. The second kappa shape index (κ2) is 11.8. The molecule has 4 nitrogen and oxygen atoms in total. The molecule has 0 unspecified atom stereocenters. The van der Waals surface area contributed by atoms with Gasteiger partial charge in [0.2, 0.25) is 0 Å². The molecule has 0 aromatic heterocycles. The van der Waals surface area contributed by atoms with Gasteiger partial charge in [0.05, 0.1) is 25.4 Å². The molecule has 5 atom stereocenters. The molecule has 1 saturated carbocycles. The average molecular weight is 458 g/mol. The van der Waals surface area contributed by atoms with E-state index in [4.69, 9.17) is 4.74 Å². The Bertz CT molecular complexity index is 789. The number of allylic oxidation sites excluding steroid dienone is 1. The zero-order chi connectivity index (χ0) is 22.3. The minimum Gasteiger partial charge on any atom is -0.392 e. The van der Waals surface area contributed by atoms with Crippen LogP contribution in [0, 0.1) is 24.7 Å². The van der Waals surface area contributed by atoms with Crippen molar-refractivity contribution < 1.29 is 14.9 Å². The van der Waals surface area contributed by atoms with Gasteiger partial charge in [-0.15, -0.1) is 0 Å². The summed E-state index contributed by atoms with van der Waals surface area (Å²) in [4.78, 5) is 2.51. The molecule has 176 valence electrons. The SMILES string of the molecule is Cc1cccc(C[C@@H](O)/C=C/[C@@H]2[C@H]3CC(CSCCCN4CCOCC4)=C[C@H]3C[C@H]2O)c1. The third-order valence-electron chi connectivity index (χ3n) is 7.19. The molecule has 0 spiro atoms. The maximum atomic E-state index is 10.6. The van der Waals surface area contributed by atoms with Crippen LogP contribution in [0.1, 0.15) is 30.4 Å². The van der Waals surface area contributed by atoms with Crippen LogP contribution in [0.25, 0.3) is 0 Å². The van der Waals surface area contributed by atoms with Gasteiger partial charge in [0, 0.05) is 31.2 Å². The van der Waals surface area contributed by atoms with Crippen molar-refractivity contribution in [3.63, 3.8) is 0 Å². The van der Waals surface area contributed by atoms with Gasteiger partial charge in [-0.2, -0.15) is 11.8 Å². The van der Waals surface area contributed by atoms with E-state index in [0.29, 0.717) is 18.3 Å². The lowest BCUT2D eigenvalue weighted by atomic mass is 9.89. The highest BCUT2D eigenvalue weighted by molar-refractivity contribution is 7.99. The largest absolute Gasteiger partial charge is 0.392 e. The predicted molar refractivity (Wildman–Crippen MR) is 133 cm³/mol. The predicted octanol–water partition coefficient (Wildman–Crippen LogP) is 3.85. The van der Waals surface area contributed by atoms with Crippen LogP contribution in [-0.2, 0) is 11.2 Å². The number of morpholine rings is 1. The molecule has 1 heterocycles. The Morgan fingerprint density at radius 1 is 1.28 bits per heavy atom. The fraction of sp³-hybridized carbons (Fsp3) is 0.630. The molecule has 1 aromatic carbocycles. The van der Waals surface area contributed by atoms with E-state index < -0.39 is 6.10 Å². The number of fused-ring (bicyclic) bond motifs is 1. The molecule has 2 N–H and O–H groups in total. The van der Waals surface area contributed by atoms with Crippen LogP contribution in [0.3, 0.4) is 0 Å². The maximum Gasteiger partial charge on any atom is 0.0761 e. The van der Waals surface area contributed by atoms with Crippen molar-refractivity contribution in [1.29, 1.82) is 0 Å². The number of rotatable bonds is 10. The summed E-state index contributed by atoms with van der Waals surface area (Å²) in [5, 5.41) is 21.1. The number of nitrogens with zero attached hydrogens (tertiary/aromatic N) is 1. The Labute approximate surface area is 197 Å². The second-order valence-electron chi connectivity index (χ2n) is 9.74. The van der Waals surface area contributed by atoms with E-state index in [1.807, 2.05) is 12.1 Å². The third kappa shape index (κ3) is 6.71. The summed E-state index contributed by atoms with van der Waals surface area (Å²) in [6, 6.07) is 8.31. The number of ether oxygens (including phenoxy) is 1. The van der Waals surface area contributed by atoms with Crippen LogP contribution in [0.5, 0.6) is 0 Å². The molecule has 2 fully saturated rings. The molecule has 5 heteroatoms. The quantitative estimate of drug-likeness (QED) is 0.413.